The van der Waals surface area contributed by atoms with Gasteiger partial charge < -0.3 is 9.47 Å². The number of nitrogens with one attached hydrogen (secondary N) is 1. The Morgan fingerprint density at radius 3 is 2.56 bits per heavy atom. The Bertz CT molecular complexity index is 301. The lowest BCUT2D eigenvalue weighted by Crippen LogP contribution is -2.40. The van der Waals surface area contributed by atoms with E-state index >= 15 is 0 Å². The molecular weight excluding hydrogens is 234 g/mol. The lowest BCUT2D eigenvalue weighted by molar-refractivity contribution is -0.144. The van der Waals surface area contributed by atoms with Crippen LogP contribution in [0.5, 0.6) is 0 Å². The molecule has 0 saturated carbocycles. The average Bonchev–Trinajstić information content (AvgIpc) is 2.17. The smallest absolute Gasteiger partial charge is 0.323 e. The fourth-order valence-electron chi connectivity index (χ4n) is 1.04. The summed E-state index contributed by atoms with van der Waals surface area (Å²) >= 11 is 0. The molecule has 0 spiro atoms. The molecule has 0 fully saturated rings. The molecule has 7 heteroatoms. The molecule has 0 rings (SSSR count). The molecule has 16 heavy (non-hydrogen) atoms. The van der Waals surface area contributed by atoms with E-state index in [0.717, 1.165) is 0 Å². The molecule has 6 nitrogen and oxygen atoms in total. The highest BCUT2D eigenvalue weighted by Crippen LogP contribution is 1.95. The minimum atomic E-state index is -3.45. The molecule has 0 bridgehead atoms. The van der Waals surface area contributed by atoms with Crippen molar-refractivity contribution in [2.24, 2.45) is 0 Å². The standard InChI is InChI=1S/C9H19NO5S/c1-4-15-9(11)8(2)10-16(12,13)7-5-6-14-3/h8,10H,4-7H2,1-3H3. The first kappa shape index (κ1) is 15.3. The predicted molar refractivity (Wildman–Crippen MR) is 59.5 cm³/mol. The van der Waals surface area contributed by atoms with Crippen LogP contribution in [0, 0.1) is 0 Å². The van der Waals surface area contributed by atoms with Crippen LogP contribution < -0.4 is 4.72 Å². The Labute approximate surface area is 96.4 Å². The number of hydrogen-bond donors (Lipinski definition) is 1. The highest BCUT2D eigenvalue weighted by Gasteiger charge is 2.20. The molecule has 0 aromatic carbocycles. The molecule has 0 amide bonds. The second-order valence-corrected chi connectivity index (χ2v) is 5.13. The van der Waals surface area contributed by atoms with Crippen molar-refractivity contribution in [1.82, 2.24) is 4.72 Å². The maximum Gasteiger partial charge on any atom is 0.323 e. The zero-order valence-electron chi connectivity index (χ0n) is 9.86. The van der Waals surface area contributed by atoms with Crippen molar-refractivity contribution in [2.45, 2.75) is 26.3 Å². The molecule has 0 aliphatic carbocycles. The summed E-state index contributed by atoms with van der Waals surface area (Å²) in [5, 5.41) is 0. The average molecular weight is 253 g/mol. The maximum absolute atomic E-state index is 11.5. The number of rotatable bonds is 8. The van der Waals surface area contributed by atoms with E-state index in [1.807, 2.05) is 0 Å². The zero-order valence-corrected chi connectivity index (χ0v) is 10.7. The number of esters is 1. The van der Waals surface area contributed by atoms with Crippen LogP contribution in [0.1, 0.15) is 20.3 Å². The van der Waals surface area contributed by atoms with E-state index in [1.54, 1.807) is 6.92 Å². The van der Waals surface area contributed by atoms with E-state index in [0.29, 0.717) is 13.0 Å². The Hall–Kier alpha value is -0.660. The van der Waals surface area contributed by atoms with Crippen molar-refractivity contribution < 1.29 is 22.7 Å². The van der Waals surface area contributed by atoms with Gasteiger partial charge in [0.25, 0.3) is 0 Å². The van der Waals surface area contributed by atoms with Gasteiger partial charge in [0, 0.05) is 13.7 Å². The summed E-state index contributed by atoms with van der Waals surface area (Å²) in [4.78, 5) is 11.2. The topological polar surface area (TPSA) is 81.7 Å². The zero-order chi connectivity index (χ0) is 12.6. The predicted octanol–water partition coefficient (Wildman–Crippen LogP) is -0.106. The first-order valence-electron chi connectivity index (χ1n) is 5.08. The van der Waals surface area contributed by atoms with Gasteiger partial charge in [-0.05, 0) is 20.3 Å². The van der Waals surface area contributed by atoms with Gasteiger partial charge in [0.2, 0.25) is 10.0 Å². The summed E-state index contributed by atoms with van der Waals surface area (Å²) in [6.07, 6.45) is 0.390. The molecule has 1 unspecified atom stereocenters. The van der Waals surface area contributed by atoms with Gasteiger partial charge >= 0.3 is 5.97 Å². The Balaban J connectivity index is 4.09. The summed E-state index contributed by atoms with van der Waals surface area (Å²) in [6.45, 7) is 3.72. The van der Waals surface area contributed by atoms with Gasteiger partial charge in [-0.25, -0.2) is 13.1 Å². The minimum Gasteiger partial charge on any atom is -0.465 e. The second kappa shape index (κ2) is 7.59. The molecule has 0 radical (unpaired) electrons. The first-order chi connectivity index (χ1) is 7.43. The maximum atomic E-state index is 11.5. The third-order valence-electron chi connectivity index (χ3n) is 1.76. The summed E-state index contributed by atoms with van der Waals surface area (Å²) in [5.74, 6) is -0.636. The highest BCUT2D eigenvalue weighted by molar-refractivity contribution is 7.89. The van der Waals surface area contributed by atoms with Crippen LogP contribution in [0.25, 0.3) is 0 Å². The normalized spacial score (nSPS) is 13.4. The van der Waals surface area contributed by atoms with Crippen molar-refractivity contribution >= 4 is 16.0 Å². The molecule has 1 N–H and O–H groups in total. The van der Waals surface area contributed by atoms with E-state index in [1.165, 1.54) is 14.0 Å². The highest BCUT2D eigenvalue weighted by atomic mass is 32.2. The Kier molecular flexibility index (Phi) is 7.27. The SMILES string of the molecule is CCOC(=O)C(C)NS(=O)(=O)CCCOC. The molecule has 0 heterocycles. The Morgan fingerprint density at radius 1 is 1.44 bits per heavy atom. The van der Waals surface area contributed by atoms with Gasteiger partial charge in [0.05, 0.1) is 12.4 Å². The monoisotopic (exact) mass is 253 g/mol. The summed E-state index contributed by atoms with van der Waals surface area (Å²) in [7, 11) is -1.95. The van der Waals surface area contributed by atoms with Crippen LogP contribution >= 0.6 is 0 Å². The van der Waals surface area contributed by atoms with Crippen molar-refractivity contribution in [3.63, 3.8) is 0 Å². The van der Waals surface area contributed by atoms with Gasteiger partial charge in [-0.3, -0.25) is 4.79 Å². The van der Waals surface area contributed by atoms with Gasteiger partial charge in [0.1, 0.15) is 6.04 Å². The van der Waals surface area contributed by atoms with Gasteiger partial charge in [-0.15, -0.1) is 0 Å². The molecule has 1 atom stereocenters. The summed E-state index contributed by atoms with van der Waals surface area (Å²) in [6, 6.07) is -0.854. The number of carbonyl (C=O) groups is 1. The fourth-order valence-corrected chi connectivity index (χ4v) is 2.29. The largest absolute Gasteiger partial charge is 0.465 e. The van der Waals surface area contributed by atoms with Crippen LogP contribution in [0.15, 0.2) is 0 Å². The lowest BCUT2D eigenvalue weighted by atomic mass is 10.4. The number of methoxy groups -OCH3 is 1. The summed E-state index contributed by atoms with van der Waals surface area (Å²) < 4.78 is 34.6. The fraction of sp³-hybridized carbons (Fsp3) is 0.889. The van der Waals surface area contributed by atoms with Crippen molar-refractivity contribution in [1.29, 1.82) is 0 Å². The van der Waals surface area contributed by atoms with Crippen LogP contribution in [-0.2, 0) is 24.3 Å². The number of hydrogen-bond acceptors (Lipinski definition) is 5. The lowest BCUT2D eigenvalue weighted by Gasteiger charge is -2.12. The second-order valence-electron chi connectivity index (χ2n) is 3.26. The minimum absolute atomic E-state index is 0.0649. The van der Waals surface area contributed by atoms with Gasteiger partial charge in [-0.1, -0.05) is 0 Å². The number of carbonyl (C=O) groups excluding carboxylic acids is 1. The molecule has 0 saturated heterocycles. The third-order valence-corrected chi connectivity index (χ3v) is 3.30. The Morgan fingerprint density at radius 2 is 2.06 bits per heavy atom. The van der Waals surface area contributed by atoms with E-state index in [2.05, 4.69) is 9.46 Å². The quantitative estimate of drug-likeness (QED) is 0.482. The van der Waals surface area contributed by atoms with Gasteiger partial charge in [-0.2, -0.15) is 0 Å². The number of ether oxygens (including phenoxy) is 2. The van der Waals surface area contributed by atoms with Crippen LogP contribution in [0.4, 0.5) is 0 Å². The van der Waals surface area contributed by atoms with Crippen molar-refractivity contribution in [3.05, 3.63) is 0 Å². The molecule has 0 aromatic heterocycles. The van der Waals surface area contributed by atoms with Crippen LogP contribution in [0.2, 0.25) is 0 Å². The van der Waals surface area contributed by atoms with Crippen LogP contribution in [-0.4, -0.2) is 46.5 Å². The molecule has 0 aliphatic heterocycles. The van der Waals surface area contributed by atoms with Crippen LogP contribution in [0.3, 0.4) is 0 Å². The molecule has 96 valence electrons. The molecular formula is C9H19NO5S. The van der Waals surface area contributed by atoms with E-state index in [4.69, 9.17) is 4.74 Å². The van der Waals surface area contributed by atoms with Crippen molar-refractivity contribution in [3.8, 4) is 0 Å². The third kappa shape index (κ3) is 6.76. The summed E-state index contributed by atoms with van der Waals surface area (Å²) in [5.41, 5.74) is 0. The molecule has 0 aromatic rings. The van der Waals surface area contributed by atoms with E-state index in [-0.39, 0.29) is 12.4 Å². The van der Waals surface area contributed by atoms with E-state index < -0.39 is 22.0 Å². The number of sulfonamides is 1. The van der Waals surface area contributed by atoms with Crippen molar-refractivity contribution in [2.75, 3.05) is 26.1 Å². The molecule has 0 aliphatic rings. The van der Waals surface area contributed by atoms with E-state index in [9.17, 15) is 13.2 Å². The first-order valence-corrected chi connectivity index (χ1v) is 6.73. The van der Waals surface area contributed by atoms with Gasteiger partial charge in [0.15, 0.2) is 0 Å².